The van der Waals surface area contributed by atoms with Gasteiger partial charge in [0.25, 0.3) is 5.91 Å². The van der Waals surface area contributed by atoms with E-state index in [1.54, 1.807) is 5.51 Å². The molecule has 1 amide bonds. The summed E-state index contributed by atoms with van der Waals surface area (Å²) in [4.78, 5) is 18.8. The number of rotatable bonds is 1. The topological polar surface area (TPSA) is 33.2 Å². The lowest BCUT2D eigenvalue weighted by Crippen LogP contribution is -2.32. The van der Waals surface area contributed by atoms with E-state index in [2.05, 4.69) is 11.9 Å². The van der Waals surface area contributed by atoms with Crippen molar-refractivity contribution in [2.45, 2.75) is 19.2 Å². The number of carbonyl (C=O) groups excluding carboxylic acids is 1. The first-order valence-corrected chi connectivity index (χ1v) is 6.45. The number of aromatic nitrogens is 1. The standard InChI is InChI=1S/C9H12N2OS2/c1-6-8(14-5-10-6)9(12)11-3-4-13-7(11)2/h5,7H,3-4H2,1-2H3. The van der Waals surface area contributed by atoms with Gasteiger partial charge in [-0.25, -0.2) is 4.98 Å². The first kappa shape index (κ1) is 9.98. The highest BCUT2D eigenvalue weighted by Crippen LogP contribution is 2.26. The number of aryl methyl sites for hydroxylation is 1. The van der Waals surface area contributed by atoms with Gasteiger partial charge in [0.15, 0.2) is 0 Å². The molecule has 1 unspecified atom stereocenters. The Kier molecular flexibility index (Phi) is 2.78. The summed E-state index contributed by atoms with van der Waals surface area (Å²) >= 11 is 3.26. The fraction of sp³-hybridized carbons (Fsp3) is 0.556. The Labute approximate surface area is 91.5 Å². The molecule has 0 aromatic carbocycles. The second-order valence-corrected chi connectivity index (χ2v) is 5.51. The van der Waals surface area contributed by atoms with Crippen LogP contribution >= 0.6 is 23.1 Å². The molecule has 0 spiro atoms. The first-order chi connectivity index (χ1) is 6.70. The smallest absolute Gasteiger partial charge is 0.266 e. The fourth-order valence-electron chi connectivity index (χ4n) is 1.50. The molecule has 14 heavy (non-hydrogen) atoms. The second-order valence-electron chi connectivity index (χ2n) is 3.24. The van der Waals surface area contributed by atoms with Gasteiger partial charge in [-0.1, -0.05) is 0 Å². The number of nitrogens with zero attached hydrogens (tertiary/aromatic N) is 2. The van der Waals surface area contributed by atoms with Crippen LogP contribution in [0.25, 0.3) is 0 Å². The van der Waals surface area contributed by atoms with Gasteiger partial charge in [-0.05, 0) is 13.8 Å². The molecule has 1 aromatic heterocycles. The van der Waals surface area contributed by atoms with Crippen LogP contribution in [0.3, 0.4) is 0 Å². The third-order valence-electron chi connectivity index (χ3n) is 2.33. The van der Waals surface area contributed by atoms with E-state index >= 15 is 0 Å². The summed E-state index contributed by atoms with van der Waals surface area (Å²) in [6.07, 6.45) is 0. The lowest BCUT2D eigenvalue weighted by Gasteiger charge is -2.19. The summed E-state index contributed by atoms with van der Waals surface area (Å²) in [6.45, 7) is 4.82. The van der Waals surface area contributed by atoms with Gasteiger partial charge in [-0.15, -0.1) is 23.1 Å². The van der Waals surface area contributed by atoms with Gasteiger partial charge in [-0.3, -0.25) is 4.79 Å². The van der Waals surface area contributed by atoms with Crippen molar-refractivity contribution in [1.29, 1.82) is 0 Å². The predicted molar refractivity (Wildman–Crippen MR) is 59.8 cm³/mol. The quantitative estimate of drug-likeness (QED) is 0.737. The maximum atomic E-state index is 12.0. The maximum Gasteiger partial charge on any atom is 0.266 e. The molecule has 0 aliphatic carbocycles. The minimum absolute atomic E-state index is 0.141. The van der Waals surface area contributed by atoms with E-state index in [0.29, 0.717) is 5.37 Å². The predicted octanol–water partition coefficient (Wildman–Crippen LogP) is 1.99. The van der Waals surface area contributed by atoms with E-state index in [0.717, 1.165) is 22.9 Å². The molecule has 2 rings (SSSR count). The van der Waals surface area contributed by atoms with E-state index in [1.807, 2.05) is 23.6 Å². The SMILES string of the molecule is Cc1ncsc1C(=O)N1CCSC1C. The Morgan fingerprint density at radius 3 is 3.00 bits per heavy atom. The number of hydrogen-bond donors (Lipinski definition) is 0. The molecule has 0 saturated carbocycles. The summed E-state index contributed by atoms with van der Waals surface area (Å²) < 4.78 is 0. The summed E-state index contributed by atoms with van der Waals surface area (Å²) in [5, 5.41) is 0.309. The van der Waals surface area contributed by atoms with Gasteiger partial charge in [0, 0.05) is 12.3 Å². The Morgan fingerprint density at radius 1 is 1.71 bits per heavy atom. The van der Waals surface area contributed by atoms with Crippen LogP contribution in [0.4, 0.5) is 0 Å². The molecule has 1 aliphatic heterocycles. The van der Waals surface area contributed by atoms with Gasteiger partial charge in [0.2, 0.25) is 0 Å². The molecule has 3 nitrogen and oxygen atoms in total. The third kappa shape index (κ3) is 1.66. The van der Waals surface area contributed by atoms with Crippen LogP contribution in [0.1, 0.15) is 22.3 Å². The molecule has 0 N–H and O–H groups in total. The Bertz CT molecular complexity index is 350. The number of carbonyl (C=O) groups is 1. The number of thioether (sulfide) groups is 1. The lowest BCUT2D eigenvalue weighted by atomic mass is 10.3. The van der Waals surface area contributed by atoms with Crippen LogP contribution in [0.15, 0.2) is 5.51 Å². The van der Waals surface area contributed by atoms with Crippen LogP contribution in [-0.2, 0) is 0 Å². The van der Waals surface area contributed by atoms with Crippen molar-refractivity contribution in [1.82, 2.24) is 9.88 Å². The monoisotopic (exact) mass is 228 g/mol. The van der Waals surface area contributed by atoms with E-state index in [4.69, 9.17) is 0 Å². The lowest BCUT2D eigenvalue weighted by molar-refractivity contribution is 0.0772. The average molecular weight is 228 g/mol. The molecular weight excluding hydrogens is 216 g/mol. The molecule has 76 valence electrons. The average Bonchev–Trinajstić information content (AvgIpc) is 2.73. The number of hydrogen-bond acceptors (Lipinski definition) is 4. The maximum absolute atomic E-state index is 12.0. The molecule has 2 heterocycles. The first-order valence-electron chi connectivity index (χ1n) is 4.53. The van der Waals surface area contributed by atoms with Gasteiger partial charge in [0.1, 0.15) is 4.88 Å². The van der Waals surface area contributed by atoms with Gasteiger partial charge in [0.05, 0.1) is 16.6 Å². The van der Waals surface area contributed by atoms with E-state index in [-0.39, 0.29) is 5.91 Å². The highest BCUT2D eigenvalue weighted by Gasteiger charge is 2.28. The minimum atomic E-state index is 0.141. The van der Waals surface area contributed by atoms with E-state index in [9.17, 15) is 4.79 Å². The summed E-state index contributed by atoms with van der Waals surface area (Å²) in [5.74, 6) is 1.19. The summed E-state index contributed by atoms with van der Waals surface area (Å²) in [7, 11) is 0. The van der Waals surface area contributed by atoms with Crippen LogP contribution in [0.5, 0.6) is 0 Å². The van der Waals surface area contributed by atoms with Crippen molar-refractivity contribution in [3.05, 3.63) is 16.1 Å². The molecule has 1 aromatic rings. The zero-order valence-electron chi connectivity index (χ0n) is 8.19. The van der Waals surface area contributed by atoms with Crippen molar-refractivity contribution in [3.8, 4) is 0 Å². The molecule has 1 aliphatic rings. The van der Waals surface area contributed by atoms with Gasteiger partial charge < -0.3 is 4.90 Å². The molecule has 1 saturated heterocycles. The highest BCUT2D eigenvalue weighted by atomic mass is 32.2. The highest BCUT2D eigenvalue weighted by molar-refractivity contribution is 8.00. The Morgan fingerprint density at radius 2 is 2.50 bits per heavy atom. The zero-order valence-corrected chi connectivity index (χ0v) is 9.82. The van der Waals surface area contributed by atoms with Crippen molar-refractivity contribution >= 4 is 29.0 Å². The molecule has 1 fully saturated rings. The van der Waals surface area contributed by atoms with Gasteiger partial charge in [-0.2, -0.15) is 0 Å². The largest absolute Gasteiger partial charge is 0.325 e. The normalized spacial score (nSPS) is 21.6. The summed E-state index contributed by atoms with van der Waals surface area (Å²) in [5.41, 5.74) is 2.58. The van der Waals surface area contributed by atoms with Crippen LogP contribution < -0.4 is 0 Å². The van der Waals surface area contributed by atoms with Crippen molar-refractivity contribution in [3.63, 3.8) is 0 Å². The second kappa shape index (κ2) is 3.90. The van der Waals surface area contributed by atoms with Crippen molar-refractivity contribution < 1.29 is 4.79 Å². The summed E-state index contributed by atoms with van der Waals surface area (Å²) in [6, 6.07) is 0. The molecule has 0 bridgehead atoms. The Hall–Kier alpha value is -0.550. The zero-order chi connectivity index (χ0) is 10.1. The van der Waals surface area contributed by atoms with E-state index in [1.165, 1.54) is 11.3 Å². The van der Waals surface area contributed by atoms with E-state index < -0.39 is 0 Å². The fourth-order valence-corrected chi connectivity index (χ4v) is 3.28. The molecule has 0 radical (unpaired) electrons. The molecule has 5 heteroatoms. The van der Waals surface area contributed by atoms with Crippen LogP contribution in [0.2, 0.25) is 0 Å². The van der Waals surface area contributed by atoms with Crippen LogP contribution in [-0.4, -0.2) is 33.5 Å². The third-order valence-corrected chi connectivity index (χ3v) is 4.40. The molecule has 1 atom stereocenters. The minimum Gasteiger partial charge on any atom is -0.325 e. The van der Waals surface area contributed by atoms with Crippen LogP contribution in [0, 0.1) is 6.92 Å². The number of amides is 1. The van der Waals surface area contributed by atoms with Crippen molar-refractivity contribution in [2.75, 3.05) is 12.3 Å². The Balaban J connectivity index is 2.20. The van der Waals surface area contributed by atoms with Gasteiger partial charge >= 0.3 is 0 Å². The van der Waals surface area contributed by atoms with Crippen molar-refractivity contribution in [2.24, 2.45) is 0 Å². The number of thiazole rings is 1. The molecular formula is C9H12N2OS2.